The summed E-state index contributed by atoms with van der Waals surface area (Å²) in [4.78, 5) is 4.32. The molecule has 1 saturated carbocycles. The summed E-state index contributed by atoms with van der Waals surface area (Å²) >= 11 is 1.75. The van der Waals surface area contributed by atoms with E-state index in [1.165, 1.54) is 93.1 Å². The van der Waals surface area contributed by atoms with Crippen molar-refractivity contribution in [3.05, 3.63) is 127 Å². The van der Waals surface area contributed by atoms with Gasteiger partial charge < -0.3 is 19.8 Å². The number of allylic oxidation sites excluding steroid dienone is 4. The summed E-state index contributed by atoms with van der Waals surface area (Å²) in [5, 5.41) is 48.8. The first kappa shape index (κ1) is 44.9. The third-order valence-electron chi connectivity index (χ3n) is 11.6. The summed E-state index contributed by atoms with van der Waals surface area (Å²) in [6.45, 7) is 5.16. The zero-order valence-electron chi connectivity index (χ0n) is 35.0. The fraction of sp³-hybridized carbons (Fsp3) is 0.431. The summed E-state index contributed by atoms with van der Waals surface area (Å²) in [7, 11) is 0. The van der Waals surface area contributed by atoms with Crippen molar-refractivity contribution in [2.45, 2.75) is 115 Å². The Morgan fingerprint density at radius 3 is 2.08 bits per heavy atom. The molecule has 0 saturated heterocycles. The highest BCUT2D eigenvalue weighted by Gasteiger charge is 2.43. The van der Waals surface area contributed by atoms with Crippen LogP contribution in [0.5, 0.6) is 0 Å². The fourth-order valence-electron chi connectivity index (χ4n) is 8.27. The molecule has 7 nitrogen and oxygen atoms in total. The number of aliphatic hydroxyl groups is 2. The first-order chi connectivity index (χ1) is 28.9. The predicted octanol–water partition coefficient (Wildman–Crippen LogP) is 12.1. The van der Waals surface area contributed by atoms with Crippen LogP contribution in [0.2, 0.25) is 0 Å². The Labute approximate surface area is 356 Å². The Bertz CT molecular complexity index is 2070. The number of anilines is 1. The van der Waals surface area contributed by atoms with Gasteiger partial charge in [-0.15, -0.1) is 11.3 Å². The van der Waals surface area contributed by atoms with Gasteiger partial charge in [-0.05, 0) is 91.1 Å². The van der Waals surface area contributed by atoms with E-state index >= 15 is 0 Å². The smallest absolute Gasteiger partial charge is 0.172 e. The zero-order chi connectivity index (χ0) is 41.9. The molecule has 2 aromatic carbocycles. The van der Waals surface area contributed by atoms with Gasteiger partial charge >= 0.3 is 0 Å². The maximum atomic E-state index is 10.4. The average Bonchev–Trinajstić information content (AvgIpc) is 3.80. The third-order valence-corrected chi connectivity index (χ3v) is 12.7. The van der Waals surface area contributed by atoms with Gasteiger partial charge in [-0.3, -0.25) is 0 Å². The van der Waals surface area contributed by atoms with Crippen LogP contribution in [0.4, 0.5) is 5.69 Å². The maximum Gasteiger partial charge on any atom is 0.172 e. The minimum Gasteiger partial charge on any atom is -0.474 e. The molecule has 8 heteroatoms. The average molecular weight is 809 g/mol. The first-order valence-electron chi connectivity index (χ1n) is 21.6. The molecule has 2 N–H and O–H groups in total. The highest BCUT2D eigenvalue weighted by Crippen LogP contribution is 2.47. The van der Waals surface area contributed by atoms with Crippen molar-refractivity contribution in [1.29, 1.82) is 15.8 Å². The van der Waals surface area contributed by atoms with Crippen LogP contribution in [0.25, 0.3) is 18.2 Å². The van der Waals surface area contributed by atoms with Crippen LogP contribution in [0.15, 0.2) is 95.3 Å². The van der Waals surface area contributed by atoms with Crippen molar-refractivity contribution >= 4 is 35.3 Å². The minimum atomic E-state index is -1.06. The number of nitrogens with zero attached hydrogens (tertiary/aromatic N) is 4. The van der Waals surface area contributed by atoms with Crippen LogP contribution >= 0.6 is 11.3 Å². The molecular weight excluding hydrogens is 749 g/mol. The lowest BCUT2D eigenvalue weighted by molar-refractivity contribution is 0.0754. The zero-order valence-corrected chi connectivity index (χ0v) is 35.8. The second-order valence-electron chi connectivity index (χ2n) is 15.8. The van der Waals surface area contributed by atoms with E-state index in [4.69, 9.17) is 4.74 Å². The highest BCUT2D eigenvalue weighted by molar-refractivity contribution is 7.14. The number of aryl methyl sites for hydroxylation is 1. The Morgan fingerprint density at radius 1 is 0.814 bits per heavy atom. The molecule has 1 aliphatic heterocycles. The number of hydrogen-bond donors (Lipinski definition) is 2. The molecule has 2 aliphatic rings. The summed E-state index contributed by atoms with van der Waals surface area (Å²) in [6, 6.07) is 25.1. The number of aliphatic hydroxyl groups excluding tert-OH is 2. The van der Waals surface area contributed by atoms with E-state index in [0.717, 1.165) is 34.5 Å². The number of ether oxygens (including phenoxy) is 1. The van der Waals surface area contributed by atoms with Crippen LogP contribution in [-0.4, -0.2) is 36.5 Å². The largest absolute Gasteiger partial charge is 0.474 e. The van der Waals surface area contributed by atoms with Gasteiger partial charge in [0.05, 0.1) is 13.2 Å². The van der Waals surface area contributed by atoms with Crippen LogP contribution in [0.3, 0.4) is 0 Å². The van der Waals surface area contributed by atoms with Crippen LogP contribution < -0.4 is 4.90 Å². The van der Waals surface area contributed by atoms with Gasteiger partial charge in [0, 0.05) is 34.1 Å². The second kappa shape index (κ2) is 23.4. The van der Waals surface area contributed by atoms with E-state index in [-0.39, 0.29) is 30.1 Å². The van der Waals surface area contributed by atoms with E-state index in [0.29, 0.717) is 24.6 Å². The van der Waals surface area contributed by atoms with Gasteiger partial charge in [0.1, 0.15) is 23.8 Å². The molecule has 0 radical (unpaired) electrons. The molecule has 1 aliphatic carbocycles. The molecule has 2 heterocycles. The number of benzene rings is 2. The van der Waals surface area contributed by atoms with Gasteiger partial charge in [0.2, 0.25) is 0 Å². The quantitative estimate of drug-likeness (QED) is 0.0623. The lowest BCUT2D eigenvalue weighted by Crippen LogP contribution is -2.29. The summed E-state index contributed by atoms with van der Waals surface area (Å²) in [6.07, 6.45) is 29.6. The van der Waals surface area contributed by atoms with E-state index < -0.39 is 5.60 Å². The van der Waals surface area contributed by atoms with Gasteiger partial charge in [0.15, 0.2) is 16.9 Å². The topological polar surface area (TPSA) is 124 Å². The Kier molecular flexibility index (Phi) is 17.8. The van der Waals surface area contributed by atoms with Crippen molar-refractivity contribution in [2.24, 2.45) is 0 Å². The number of hydrogen-bond acceptors (Lipinski definition) is 8. The van der Waals surface area contributed by atoms with Crippen molar-refractivity contribution in [1.82, 2.24) is 0 Å². The number of nitriles is 3. The van der Waals surface area contributed by atoms with Crippen molar-refractivity contribution in [3.8, 4) is 18.2 Å². The molecule has 0 spiro atoms. The molecule has 1 unspecified atom stereocenters. The standard InChI is InChI=1S/C51H60N4O3S/c1-3-4-5-6-7-8-9-11-18-42-35-46(59-49(42)30-23-39-21-28-45(29-22-39)55(31-33-56)32-34-57)19-14-15-20-48-47(38-54)50(43(36-52)37-53)58-51(48,2)44-26-24-41(25-27-44)40-16-12-10-13-17-40/h14-15,19-30,35,40,56-57H,3-13,16-18,31-34H2,1-2H3/b19-14+,20-15+,30-23+. The summed E-state index contributed by atoms with van der Waals surface area (Å²) in [5.74, 6) is 0.583. The lowest BCUT2D eigenvalue weighted by atomic mass is 9.81. The van der Waals surface area contributed by atoms with E-state index in [9.17, 15) is 26.0 Å². The normalized spacial score (nSPS) is 17.1. The Hall–Kier alpha value is -5.17. The first-order valence-corrected chi connectivity index (χ1v) is 22.4. The van der Waals surface area contributed by atoms with E-state index in [2.05, 4.69) is 73.7 Å². The Balaban J connectivity index is 1.38. The van der Waals surface area contributed by atoms with Crippen molar-refractivity contribution < 1.29 is 14.9 Å². The molecule has 1 atom stereocenters. The molecule has 0 bridgehead atoms. The highest BCUT2D eigenvalue weighted by atomic mass is 32.1. The molecule has 308 valence electrons. The number of rotatable bonds is 21. The summed E-state index contributed by atoms with van der Waals surface area (Å²) < 4.78 is 6.43. The van der Waals surface area contributed by atoms with E-state index in [1.807, 2.05) is 54.3 Å². The van der Waals surface area contributed by atoms with E-state index in [1.54, 1.807) is 11.3 Å². The molecule has 0 amide bonds. The number of unbranched alkanes of at least 4 members (excludes halogenated alkanes) is 7. The lowest BCUT2D eigenvalue weighted by Gasteiger charge is -2.28. The molecule has 5 rings (SSSR count). The second-order valence-corrected chi connectivity index (χ2v) is 16.9. The number of thiophene rings is 1. The van der Waals surface area contributed by atoms with Crippen molar-refractivity contribution in [3.63, 3.8) is 0 Å². The van der Waals surface area contributed by atoms with Gasteiger partial charge in [-0.25, -0.2) is 0 Å². The molecule has 1 fully saturated rings. The molecule has 1 aromatic heterocycles. The Morgan fingerprint density at radius 2 is 1.46 bits per heavy atom. The SMILES string of the molecule is CCCCCCCCCCc1cc(/C=C/C=C/C2=C(C#N)C(=C(C#N)C#N)OC2(C)c2ccc(C3CCCCC3)cc2)sc1/C=C/c1ccc(N(CCO)CCO)cc1. The van der Waals surface area contributed by atoms with Crippen LogP contribution in [0, 0.1) is 34.0 Å². The maximum absolute atomic E-state index is 10.4. The van der Waals surface area contributed by atoms with Crippen molar-refractivity contribution in [2.75, 3.05) is 31.2 Å². The molecule has 3 aromatic rings. The molecular formula is C51H60N4O3S. The van der Waals surface area contributed by atoms with Gasteiger partial charge in [-0.2, -0.15) is 15.8 Å². The minimum absolute atomic E-state index is 0.0271. The van der Waals surface area contributed by atoms with Crippen LogP contribution in [0.1, 0.15) is 135 Å². The predicted molar refractivity (Wildman–Crippen MR) is 242 cm³/mol. The monoisotopic (exact) mass is 808 g/mol. The van der Waals surface area contributed by atoms with Crippen LogP contribution in [-0.2, 0) is 16.8 Å². The van der Waals surface area contributed by atoms with Gasteiger partial charge in [-0.1, -0.05) is 132 Å². The molecule has 59 heavy (non-hydrogen) atoms. The fourth-order valence-corrected chi connectivity index (χ4v) is 9.29. The van der Waals surface area contributed by atoms with Gasteiger partial charge in [0.25, 0.3) is 0 Å². The third kappa shape index (κ3) is 12.2. The summed E-state index contributed by atoms with van der Waals surface area (Å²) in [5.41, 5.74) is 5.08.